The Morgan fingerprint density at radius 2 is 1.21 bits per heavy atom. The SMILES string of the molecule is c1coc(-c2c3ccccc3c(-c3ccco3)c3ncccc23)c1. The van der Waals surface area contributed by atoms with Crippen molar-refractivity contribution in [2.45, 2.75) is 0 Å². The van der Waals surface area contributed by atoms with E-state index in [2.05, 4.69) is 23.2 Å². The fourth-order valence-electron chi connectivity index (χ4n) is 3.35. The first-order chi connectivity index (χ1) is 11.9. The van der Waals surface area contributed by atoms with Gasteiger partial charge in [-0.2, -0.15) is 0 Å². The van der Waals surface area contributed by atoms with Crippen molar-refractivity contribution in [3.05, 3.63) is 79.4 Å². The van der Waals surface area contributed by atoms with Crippen LogP contribution in [0, 0.1) is 0 Å². The Morgan fingerprint density at radius 1 is 0.583 bits per heavy atom. The van der Waals surface area contributed by atoms with Gasteiger partial charge in [0.25, 0.3) is 0 Å². The zero-order valence-corrected chi connectivity index (χ0v) is 12.8. The molecule has 24 heavy (non-hydrogen) atoms. The molecule has 3 aromatic heterocycles. The number of furan rings is 2. The quantitative estimate of drug-likeness (QED) is 0.380. The Hall–Kier alpha value is -3.33. The van der Waals surface area contributed by atoms with E-state index in [0.29, 0.717) is 0 Å². The fourth-order valence-corrected chi connectivity index (χ4v) is 3.35. The van der Waals surface area contributed by atoms with Crippen LogP contribution in [0.5, 0.6) is 0 Å². The van der Waals surface area contributed by atoms with Gasteiger partial charge < -0.3 is 8.83 Å². The molecular weight excluding hydrogens is 298 g/mol. The second-order valence-corrected chi connectivity index (χ2v) is 5.65. The Kier molecular flexibility index (Phi) is 2.79. The number of aromatic nitrogens is 1. The Labute approximate surface area is 138 Å². The highest BCUT2D eigenvalue weighted by atomic mass is 16.3. The maximum Gasteiger partial charge on any atom is 0.136 e. The average molecular weight is 311 g/mol. The number of nitrogens with zero attached hydrogens (tertiary/aromatic N) is 1. The molecule has 3 heterocycles. The first kappa shape index (κ1) is 13.1. The molecule has 0 spiro atoms. The van der Waals surface area contributed by atoms with Gasteiger partial charge in [0.1, 0.15) is 11.5 Å². The van der Waals surface area contributed by atoms with Crippen LogP contribution in [-0.2, 0) is 0 Å². The minimum atomic E-state index is 0.820. The van der Waals surface area contributed by atoms with Gasteiger partial charge in [0.05, 0.1) is 23.6 Å². The molecule has 0 aliphatic heterocycles. The van der Waals surface area contributed by atoms with E-state index in [1.54, 1.807) is 12.5 Å². The molecule has 2 aromatic carbocycles. The number of benzene rings is 2. The molecule has 0 radical (unpaired) electrons. The predicted octanol–water partition coefficient (Wildman–Crippen LogP) is 5.91. The van der Waals surface area contributed by atoms with Gasteiger partial charge in [0, 0.05) is 17.1 Å². The molecule has 0 fully saturated rings. The third-order valence-corrected chi connectivity index (χ3v) is 4.31. The van der Waals surface area contributed by atoms with E-state index in [4.69, 9.17) is 8.83 Å². The molecule has 0 aliphatic carbocycles. The first-order valence-electron chi connectivity index (χ1n) is 7.80. The Bertz CT molecular complexity index is 990. The fraction of sp³-hybridized carbons (Fsp3) is 0. The molecule has 0 N–H and O–H groups in total. The van der Waals surface area contributed by atoms with E-state index in [9.17, 15) is 0 Å². The van der Waals surface area contributed by atoms with Crippen LogP contribution in [-0.4, -0.2) is 4.98 Å². The summed E-state index contributed by atoms with van der Waals surface area (Å²) in [4.78, 5) is 4.66. The lowest BCUT2D eigenvalue weighted by Gasteiger charge is -2.13. The molecule has 3 heteroatoms. The van der Waals surface area contributed by atoms with Crippen LogP contribution in [0.1, 0.15) is 0 Å². The maximum atomic E-state index is 5.72. The second kappa shape index (κ2) is 5.10. The minimum Gasteiger partial charge on any atom is -0.464 e. The molecule has 5 rings (SSSR count). The van der Waals surface area contributed by atoms with E-state index in [0.717, 1.165) is 44.3 Å². The van der Waals surface area contributed by atoms with Gasteiger partial charge in [-0.05, 0) is 41.1 Å². The summed E-state index contributed by atoms with van der Waals surface area (Å²) in [7, 11) is 0. The summed E-state index contributed by atoms with van der Waals surface area (Å²) in [6.07, 6.45) is 5.21. The molecular formula is C21H13NO2. The third kappa shape index (κ3) is 1.82. The van der Waals surface area contributed by atoms with Crippen LogP contribution in [0.3, 0.4) is 0 Å². The van der Waals surface area contributed by atoms with Crippen LogP contribution in [0.4, 0.5) is 0 Å². The number of hydrogen-bond donors (Lipinski definition) is 0. The molecule has 114 valence electrons. The normalized spacial score (nSPS) is 11.3. The van der Waals surface area contributed by atoms with Crippen LogP contribution < -0.4 is 0 Å². The number of fused-ring (bicyclic) bond motifs is 2. The largest absolute Gasteiger partial charge is 0.464 e. The van der Waals surface area contributed by atoms with Gasteiger partial charge in [-0.3, -0.25) is 4.98 Å². The molecule has 0 saturated heterocycles. The second-order valence-electron chi connectivity index (χ2n) is 5.65. The lowest BCUT2D eigenvalue weighted by atomic mass is 9.92. The molecule has 5 aromatic rings. The smallest absolute Gasteiger partial charge is 0.136 e. The monoisotopic (exact) mass is 311 g/mol. The average Bonchev–Trinajstić information content (AvgIpc) is 3.33. The lowest BCUT2D eigenvalue weighted by molar-refractivity contribution is 0.582. The first-order valence-corrected chi connectivity index (χ1v) is 7.80. The number of hydrogen-bond acceptors (Lipinski definition) is 3. The van der Waals surface area contributed by atoms with Gasteiger partial charge in [-0.1, -0.05) is 30.3 Å². The molecule has 0 saturated carbocycles. The van der Waals surface area contributed by atoms with Crippen molar-refractivity contribution in [2.24, 2.45) is 0 Å². The maximum absolute atomic E-state index is 5.72. The van der Waals surface area contributed by atoms with Crippen molar-refractivity contribution in [1.29, 1.82) is 0 Å². The molecule has 0 aliphatic rings. The van der Waals surface area contributed by atoms with Gasteiger partial charge >= 0.3 is 0 Å². The van der Waals surface area contributed by atoms with Gasteiger partial charge in [-0.25, -0.2) is 0 Å². The van der Waals surface area contributed by atoms with Crippen molar-refractivity contribution in [1.82, 2.24) is 4.98 Å². The van der Waals surface area contributed by atoms with Crippen molar-refractivity contribution in [2.75, 3.05) is 0 Å². The van der Waals surface area contributed by atoms with Crippen molar-refractivity contribution in [3.8, 4) is 22.6 Å². The van der Waals surface area contributed by atoms with Crippen LogP contribution in [0.25, 0.3) is 44.3 Å². The highest BCUT2D eigenvalue weighted by molar-refractivity contribution is 6.19. The van der Waals surface area contributed by atoms with Crippen molar-refractivity contribution in [3.63, 3.8) is 0 Å². The van der Waals surface area contributed by atoms with E-state index in [-0.39, 0.29) is 0 Å². The molecule has 3 nitrogen and oxygen atoms in total. The summed E-state index contributed by atoms with van der Waals surface area (Å²) in [5, 5.41) is 3.28. The zero-order chi connectivity index (χ0) is 15.9. The van der Waals surface area contributed by atoms with E-state index in [1.165, 1.54) is 0 Å². The number of pyridine rings is 1. The standard InChI is InChI=1S/C21H13NO2/c1-2-7-15-14(6-1)19(17-9-4-12-23-17)16-8-3-11-22-21(16)20(15)18-10-5-13-24-18/h1-13H. The van der Waals surface area contributed by atoms with Gasteiger partial charge in [0.15, 0.2) is 0 Å². The van der Waals surface area contributed by atoms with Crippen LogP contribution in [0.15, 0.2) is 88.2 Å². The summed E-state index contributed by atoms with van der Waals surface area (Å²) in [5.41, 5.74) is 2.99. The van der Waals surface area contributed by atoms with Crippen molar-refractivity contribution < 1.29 is 8.83 Å². The van der Waals surface area contributed by atoms with Crippen LogP contribution in [0.2, 0.25) is 0 Å². The Balaban J connectivity index is 2.06. The van der Waals surface area contributed by atoms with E-state index < -0.39 is 0 Å². The molecule has 0 bridgehead atoms. The third-order valence-electron chi connectivity index (χ3n) is 4.31. The lowest BCUT2D eigenvalue weighted by Crippen LogP contribution is -1.90. The summed E-state index contributed by atoms with van der Waals surface area (Å²) in [6, 6.07) is 20.1. The summed E-state index contributed by atoms with van der Waals surface area (Å²) in [5.74, 6) is 1.66. The van der Waals surface area contributed by atoms with E-state index in [1.807, 2.05) is 48.7 Å². The summed E-state index contributed by atoms with van der Waals surface area (Å²) in [6.45, 7) is 0. The molecule has 0 amide bonds. The van der Waals surface area contributed by atoms with E-state index >= 15 is 0 Å². The topological polar surface area (TPSA) is 39.2 Å². The van der Waals surface area contributed by atoms with Crippen molar-refractivity contribution >= 4 is 21.7 Å². The Morgan fingerprint density at radius 3 is 1.88 bits per heavy atom. The predicted molar refractivity (Wildman–Crippen MR) is 94.7 cm³/mol. The van der Waals surface area contributed by atoms with Gasteiger partial charge in [0.2, 0.25) is 0 Å². The minimum absolute atomic E-state index is 0.820. The molecule has 0 atom stereocenters. The number of rotatable bonds is 2. The summed E-state index contributed by atoms with van der Waals surface area (Å²) >= 11 is 0. The zero-order valence-electron chi connectivity index (χ0n) is 12.8. The highest BCUT2D eigenvalue weighted by Gasteiger charge is 2.19. The molecule has 0 unspecified atom stereocenters. The summed E-state index contributed by atoms with van der Waals surface area (Å²) < 4.78 is 11.4. The highest BCUT2D eigenvalue weighted by Crippen LogP contribution is 2.42. The van der Waals surface area contributed by atoms with Gasteiger partial charge in [-0.15, -0.1) is 0 Å². The van der Waals surface area contributed by atoms with Crippen LogP contribution >= 0.6 is 0 Å².